The Kier molecular flexibility index (Phi) is 7.19. The third-order valence-electron chi connectivity index (χ3n) is 6.04. The molecule has 178 valence electrons. The molecule has 0 aliphatic carbocycles. The topological polar surface area (TPSA) is 78.5 Å². The molecule has 0 saturated heterocycles. The van der Waals surface area contributed by atoms with E-state index in [4.69, 9.17) is 0 Å². The van der Waals surface area contributed by atoms with E-state index in [1.54, 1.807) is 0 Å². The molecule has 0 saturated carbocycles. The molecule has 3 aromatic carbocycles. The lowest BCUT2D eigenvalue weighted by atomic mass is 9.99. The second-order valence-corrected chi connectivity index (χ2v) is 12.0. The van der Waals surface area contributed by atoms with Crippen LogP contribution in [-0.4, -0.2) is 25.3 Å². The molecule has 0 bridgehead atoms. The van der Waals surface area contributed by atoms with Gasteiger partial charge in [0.25, 0.3) is 0 Å². The fourth-order valence-electron chi connectivity index (χ4n) is 4.17. The highest BCUT2D eigenvalue weighted by molar-refractivity contribution is 9.11. The Bertz CT molecular complexity index is 1350. The van der Waals surface area contributed by atoms with Crippen molar-refractivity contribution < 1.29 is 13.2 Å². The van der Waals surface area contributed by atoms with Gasteiger partial charge in [-0.1, -0.05) is 61.7 Å². The summed E-state index contributed by atoms with van der Waals surface area (Å²) in [6.45, 7) is 6.18. The number of urea groups is 1. The van der Waals surface area contributed by atoms with Crippen LogP contribution in [0.2, 0.25) is 0 Å². The van der Waals surface area contributed by atoms with Crippen molar-refractivity contribution in [3.8, 4) is 0 Å². The number of aryl methyl sites for hydroxylation is 1. The quantitative estimate of drug-likeness (QED) is 0.354. The zero-order chi connectivity index (χ0) is 24.6. The molecule has 0 aromatic heterocycles. The maximum Gasteiger partial charge on any atom is 0.323 e. The molecule has 1 heterocycles. The SMILES string of the molecule is Cc1ccc(NC(=O)Nc2cccc3c2CCN(S(=O)(=O)c2c(C)c(Br)cc(Br)c2C)C3)cc1. The molecular formula is C25H25Br2N3O3S. The molecule has 2 N–H and O–H groups in total. The van der Waals surface area contributed by atoms with E-state index in [1.807, 2.05) is 69.3 Å². The minimum atomic E-state index is -3.72. The fourth-order valence-corrected chi connectivity index (χ4v) is 7.49. The number of hydrogen-bond donors (Lipinski definition) is 2. The van der Waals surface area contributed by atoms with Crippen LogP contribution in [0.4, 0.5) is 16.2 Å². The monoisotopic (exact) mass is 605 g/mol. The summed E-state index contributed by atoms with van der Waals surface area (Å²) >= 11 is 6.95. The minimum absolute atomic E-state index is 0.246. The second-order valence-electron chi connectivity index (χ2n) is 8.40. The summed E-state index contributed by atoms with van der Waals surface area (Å²) in [5.41, 5.74) is 5.73. The van der Waals surface area contributed by atoms with Gasteiger partial charge in [-0.25, -0.2) is 13.2 Å². The van der Waals surface area contributed by atoms with E-state index in [-0.39, 0.29) is 12.6 Å². The van der Waals surface area contributed by atoms with Gasteiger partial charge >= 0.3 is 6.03 Å². The number of sulfonamides is 1. The van der Waals surface area contributed by atoms with Gasteiger partial charge in [-0.3, -0.25) is 0 Å². The van der Waals surface area contributed by atoms with Crippen LogP contribution in [0.15, 0.2) is 62.4 Å². The zero-order valence-electron chi connectivity index (χ0n) is 19.1. The predicted molar refractivity (Wildman–Crippen MR) is 143 cm³/mol. The molecule has 1 aliphatic rings. The van der Waals surface area contributed by atoms with Gasteiger partial charge < -0.3 is 10.6 Å². The Morgan fingerprint density at radius 2 is 1.59 bits per heavy atom. The minimum Gasteiger partial charge on any atom is -0.308 e. The number of nitrogens with zero attached hydrogens (tertiary/aromatic N) is 1. The Morgan fingerprint density at radius 3 is 2.24 bits per heavy atom. The van der Waals surface area contributed by atoms with Crippen molar-refractivity contribution in [2.75, 3.05) is 17.2 Å². The lowest BCUT2D eigenvalue weighted by Crippen LogP contribution is -2.37. The number of fused-ring (bicyclic) bond motifs is 1. The summed E-state index contributed by atoms with van der Waals surface area (Å²) in [6, 6.07) is 14.7. The second kappa shape index (κ2) is 9.81. The first-order chi connectivity index (χ1) is 16.1. The molecule has 2 amide bonds. The number of hydrogen-bond acceptors (Lipinski definition) is 3. The summed E-state index contributed by atoms with van der Waals surface area (Å²) in [4.78, 5) is 12.9. The average Bonchev–Trinajstić information content (AvgIpc) is 2.79. The molecule has 0 atom stereocenters. The highest BCUT2D eigenvalue weighted by Gasteiger charge is 2.32. The van der Waals surface area contributed by atoms with Gasteiger partial charge in [-0.05, 0) is 73.7 Å². The van der Waals surface area contributed by atoms with E-state index in [0.29, 0.717) is 40.4 Å². The van der Waals surface area contributed by atoms with Crippen molar-refractivity contribution in [3.05, 3.63) is 85.3 Å². The van der Waals surface area contributed by atoms with Crippen LogP contribution >= 0.6 is 31.9 Å². The number of carbonyl (C=O) groups is 1. The van der Waals surface area contributed by atoms with Gasteiger partial charge in [0.05, 0.1) is 4.90 Å². The molecule has 6 nitrogen and oxygen atoms in total. The van der Waals surface area contributed by atoms with Gasteiger partial charge in [0.15, 0.2) is 0 Å². The van der Waals surface area contributed by atoms with E-state index >= 15 is 0 Å². The Morgan fingerprint density at radius 1 is 0.941 bits per heavy atom. The summed E-state index contributed by atoms with van der Waals surface area (Å²) in [6.07, 6.45) is 0.503. The van der Waals surface area contributed by atoms with Crippen molar-refractivity contribution in [1.29, 1.82) is 0 Å². The van der Waals surface area contributed by atoms with Gasteiger partial charge in [0.1, 0.15) is 0 Å². The van der Waals surface area contributed by atoms with E-state index in [1.165, 1.54) is 4.31 Å². The molecule has 0 spiro atoms. The molecule has 1 aliphatic heterocycles. The highest BCUT2D eigenvalue weighted by Crippen LogP contribution is 2.36. The third kappa shape index (κ3) is 4.93. The predicted octanol–water partition coefficient (Wildman–Crippen LogP) is 6.53. The van der Waals surface area contributed by atoms with Crippen molar-refractivity contribution in [1.82, 2.24) is 4.31 Å². The van der Waals surface area contributed by atoms with Gasteiger partial charge in [0.2, 0.25) is 10.0 Å². The first-order valence-corrected chi connectivity index (χ1v) is 13.8. The number of amides is 2. The summed E-state index contributed by atoms with van der Waals surface area (Å²) in [5.74, 6) is 0. The number of carbonyl (C=O) groups excluding carboxylic acids is 1. The van der Waals surface area contributed by atoms with Gasteiger partial charge in [-0.15, -0.1) is 0 Å². The van der Waals surface area contributed by atoms with Crippen LogP contribution in [0.25, 0.3) is 0 Å². The molecule has 0 unspecified atom stereocenters. The third-order valence-corrected chi connectivity index (χ3v) is 9.80. The fraction of sp³-hybridized carbons (Fsp3) is 0.240. The lowest BCUT2D eigenvalue weighted by molar-refractivity contribution is 0.262. The van der Waals surface area contributed by atoms with Crippen molar-refractivity contribution in [2.24, 2.45) is 0 Å². The number of nitrogens with one attached hydrogen (secondary N) is 2. The van der Waals surface area contributed by atoms with Crippen LogP contribution in [0.1, 0.15) is 27.8 Å². The zero-order valence-corrected chi connectivity index (χ0v) is 23.1. The summed E-state index contributed by atoms with van der Waals surface area (Å²) in [5, 5.41) is 5.76. The molecule has 3 aromatic rings. The number of rotatable bonds is 4. The van der Waals surface area contributed by atoms with Crippen LogP contribution < -0.4 is 10.6 Å². The molecular weight excluding hydrogens is 582 g/mol. The maximum atomic E-state index is 13.6. The number of anilines is 2. The first kappa shape index (κ1) is 24.9. The van der Waals surface area contributed by atoms with E-state index in [0.717, 1.165) is 25.6 Å². The van der Waals surface area contributed by atoms with Crippen LogP contribution in [0, 0.1) is 20.8 Å². The first-order valence-electron chi connectivity index (χ1n) is 10.8. The Hall–Kier alpha value is -2.20. The van der Waals surface area contributed by atoms with Crippen molar-refractivity contribution in [2.45, 2.75) is 38.6 Å². The molecule has 0 radical (unpaired) electrons. The van der Waals surface area contributed by atoms with Crippen LogP contribution in [-0.2, 0) is 23.0 Å². The van der Waals surface area contributed by atoms with E-state index in [2.05, 4.69) is 42.5 Å². The van der Waals surface area contributed by atoms with Gasteiger partial charge in [0, 0.05) is 33.4 Å². The molecule has 34 heavy (non-hydrogen) atoms. The van der Waals surface area contributed by atoms with Crippen molar-refractivity contribution >= 4 is 59.3 Å². The maximum absolute atomic E-state index is 13.6. The Balaban J connectivity index is 1.57. The van der Waals surface area contributed by atoms with E-state index in [9.17, 15) is 13.2 Å². The van der Waals surface area contributed by atoms with Crippen LogP contribution in [0.5, 0.6) is 0 Å². The highest BCUT2D eigenvalue weighted by atomic mass is 79.9. The standard InChI is InChI=1S/C25H25Br2N3O3S/c1-15-7-9-19(10-8-15)28-25(31)29-23-6-4-5-18-14-30(12-11-20(18)23)34(32,33)24-16(2)21(26)13-22(27)17(24)3/h4-10,13H,11-12,14H2,1-3H3,(H2,28,29,31). The summed E-state index contributed by atoms with van der Waals surface area (Å²) < 4.78 is 30.3. The molecule has 9 heteroatoms. The largest absolute Gasteiger partial charge is 0.323 e. The van der Waals surface area contributed by atoms with Gasteiger partial charge in [-0.2, -0.15) is 4.31 Å². The number of halogens is 2. The van der Waals surface area contributed by atoms with E-state index < -0.39 is 10.0 Å². The number of benzene rings is 3. The van der Waals surface area contributed by atoms with Crippen LogP contribution in [0.3, 0.4) is 0 Å². The van der Waals surface area contributed by atoms with Crippen molar-refractivity contribution in [3.63, 3.8) is 0 Å². The normalized spacial score (nSPS) is 13.9. The molecule has 0 fully saturated rings. The Labute approximate surface area is 217 Å². The smallest absolute Gasteiger partial charge is 0.308 e. The lowest BCUT2D eigenvalue weighted by Gasteiger charge is -2.30. The summed E-state index contributed by atoms with van der Waals surface area (Å²) in [7, 11) is -3.72. The molecule has 4 rings (SSSR count). The average molecular weight is 607 g/mol.